The van der Waals surface area contributed by atoms with Gasteiger partial charge in [-0.2, -0.15) is 0 Å². The molecular formula is C99H70F8N2O2. The maximum absolute atomic E-state index is 17.4. The number of rotatable bonds is 16. The summed E-state index contributed by atoms with van der Waals surface area (Å²) in [7, 11) is 0. The van der Waals surface area contributed by atoms with Crippen LogP contribution >= 0.6 is 0 Å². The van der Waals surface area contributed by atoms with E-state index in [2.05, 4.69) is 87.1 Å². The van der Waals surface area contributed by atoms with Crippen molar-refractivity contribution in [1.29, 1.82) is 0 Å². The molecule has 0 bridgehead atoms. The number of halogens is 8. The standard InChI is InChI=1S/C99H70F8N2O2/c1-7-59-17-37-71(38-18-59)110-73-41-21-61(22-42-73)98(83-49-51-89(102)93(106)91(83)104)79-15-11-9-13-75(79)77-45-33-67(53-85(77)98)108(65-29-25-63(100)26-30-65)69-35-47-81-87(55-69)97(57-95(81,3)4)58-96(5,6)82-48-36-70(56-88(82)97)109(66-31-27-64(101)28-32-66)68-34-46-78-76-14-10-12-16-80(76)99(86(78)54-68,84-50-52-90(103)94(107)92(84)105)62-23-43-74(44-24-62)111-72-39-19-60(8-2)20-40-72/h7-56H,1-2,57-58H2,3-6H3. The molecule has 0 N–H and O–H groups in total. The van der Waals surface area contributed by atoms with E-state index in [0.29, 0.717) is 92.0 Å². The summed E-state index contributed by atoms with van der Waals surface area (Å²) in [5, 5.41) is 0. The lowest BCUT2D eigenvalue weighted by atomic mass is 9.67. The lowest BCUT2D eigenvalue weighted by molar-refractivity contribution is 0.349. The second-order valence-corrected chi connectivity index (χ2v) is 30.6. The summed E-state index contributed by atoms with van der Waals surface area (Å²) in [6.45, 7) is 16.8. The lowest BCUT2D eigenvalue weighted by Crippen LogP contribution is -2.30. The van der Waals surface area contributed by atoms with Gasteiger partial charge in [-0.1, -0.05) is 186 Å². The SMILES string of the molecule is C=Cc1ccc(Oc2ccc(C3(c4ccc(F)c(F)c4F)c4ccccc4-c4ccc(N(c5ccc(F)cc5)c5ccc6c(c5)C5(CC6(C)C)CC(C)(C)c6ccc(N(c7ccc(F)cc7)c7ccc8c(c7)C(c7ccc(Oc9ccc(C=C)cc9)cc7)(c7ccc(F)c(F)c7F)c7ccccc7-8)cc65)cc43)cc2)cc1. The molecule has 4 aliphatic rings. The second kappa shape index (κ2) is 26.2. The van der Waals surface area contributed by atoms with Crippen LogP contribution in [0.3, 0.4) is 0 Å². The summed E-state index contributed by atoms with van der Waals surface area (Å²) in [5.74, 6) is -7.37. The summed E-state index contributed by atoms with van der Waals surface area (Å²) in [4.78, 5) is 4.11. The molecule has 0 fully saturated rings. The molecule has 0 aromatic heterocycles. The van der Waals surface area contributed by atoms with Gasteiger partial charge in [-0.25, -0.2) is 35.1 Å². The number of anilines is 6. The van der Waals surface area contributed by atoms with E-state index in [1.54, 1.807) is 60.7 Å². The maximum atomic E-state index is 17.4. The number of hydrogen-bond donors (Lipinski definition) is 0. The first-order chi connectivity index (χ1) is 53.6. The van der Waals surface area contributed by atoms with Crippen LogP contribution in [0.4, 0.5) is 69.2 Å². The number of hydrogen-bond acceptors (Lipinski definition) is 4. The van der Waals surface area contributed by atoms with E-state index in [1.807, 2.05) is 158 Å². The van der Waals surface area contributed by atoms with Crippen molar-refractivity contribution in [2.75, 3.05) is 9.80 Å². The molecule has 111 heavy (non-hydrogen) atoms. The van der Waals surface area contributed by atoms with E-state index in [-0.39, 0.29) is 11.1 Å². The Morgan fingerprint density at radius 1 is 0.288 bits per heavy atom. The van der Waals surface area contributed by atoms with Crippen molar-refractivity contribution in [2.45, 2.75) is 67.6 Å². The zero-order valence-electron chi connectivity index (χ0n) is 60.9. The Morgan fingerprint density at radius 2 is 0.595 bits per heavy atom. The Hall–Kier alpha value is -12.8. The molecule has 0 saturated heterocycles. The molecule has 14 aromatic carbocycles. The van der Waals surface area contributed by atoms with Gasteiger partial charge in [-0.15, -0.1) is 0 Å². The Bertz CT molecular complexity index is 5740. The minimum Gasteiger partial charge on any atom is -0.457 e. The van der Waals surface area contributed by atoms with Crippen LogP contribution in [0.5, 0.6) is 23.0 Å². The van der Waals surface area contributed by atoms with E-state index in [1.165, 1.54) is 36.4 Å². The predicted octanol–water partition coefficient (Wildman–Crippen LogP) is 27.0. The highest BCUT2D eigenvalue weighted by Crippen LogP contribution is 2.66. The molecule has 4 nitrogen and oxygen atoms in total. The summed E-state index contributed by atoms with van der Waals surface area (Å²) < 4.78 is 142. The fraction of sp³-hybridized carbons (Fsp3) is 0.111. The number of nitrogens with zero attached hydrogens (tertiary/aromatic N) is 2. The highest BCUT2D eigenvalue weighted by atomic mass is 19.2. The number of ether oxygens (including phenoxy) is 2. The van der Waals surface area contributed by atoms with Gasteiger partial charge in [0.2, 0.25) is 0 Å². The fourth-order valence-electron chi connectivity index (χ4n) is 18.8. The number of fused-ring (bicyclic) bond motifs is 10. The fourth-order valence-corrected chi connectivity index (χ4v) is 18.8. The summed E-state index contributed by atoms with van der Waals surface area (Å²) in [6.07, 6.45) is 4.84. The molecule has 0 heterocycles. The van der Waals surface area contributed by atoms with Gasteiger partial charge < -0.3 is 19.3 Å². The van der Waals surface area contributed by atoms with Crippen molar-refractivity contribution in [2.24, 2.45) is 0 Å². The molecule has 0 saturated carbocycles. The van der Waals surface area contributed by atoms with Gasteiger partial charge in [0.1, 0.15) is 34.6 Å². The van der Waals surface area contributed by atoms with Crippen molar-refractivity contribution in [3.8, 4) is 45.3 Å². The third-order valence-corrected chi connectivity index (χ3v) is 23.4. The lowest BCUT2D eigenvalue weighted by Gasteiger charge is -2.35. The minimum atomic E-state index is -1.61. The highest BCUT2D eigenvalue weighted by molar-refractivity contribution is 5.92. The van der Waals surface area contributed by atoms with Crippen LogP contribution < -0.4 is 19.3 Å². The van der Waals surface area contributed by atoms with Crippen LogP contribution in [0.25, 0.3) is 34.4 Å². The van der Waals surface area contributed by atoms with Crippen molar-refractivity contribution in [3.05, 3.63) is 429 Å². The highest BCUT2D eigenvalue weighted by Gasteiger charge is 2.57. The minimum absolute atomic E-state index is 0.111. The Labute approximate surface area is 638 Å². The van der Waals surface area contributed by atoms with Crippen LogP contribution in [0.1, 0.15) is 118 Å². The molecule has 18 rings (SSSR count). The maximum Gasteiger partial charge on any atom is 0.194 e. The van der Waals surface area contributed by atoms with E-state index in [0.717, 1.165) is 79.1 Å². The van der Waals surface area contributed by atoms with E-state index < -0.39 is 73.6 Å². The largest absolute Gasteiger partial charge is 0.457 e. The Morgan fingerprint density at radius 3 is 0.955 bits per heavy atom. The molecule has 1 spiro atoms. The molecular weight excluding hydrogens is 1400 g/mol. The molecule has 2 atom stereocenters. The predicted molar refractivity (Wildman–Crippen MR) is 426 cm³/mol. The topological polar surface area (TPSA) is 24.9 Å². The first-order valence-electron chi connectivity index (χ1n) is 36.8. The van der Waals surface area contributed by atoms with Crippen LogP contribution in [0.2, 0.25) is 0 Å². The van der Waals surface area contributed by atoms with E-state index in [4.69, 9.17) is 9.47 Å². The van der Waals surface area contributed by atoms with Crippen LogP contribution in [0.15, 0.2) is 304 Å². The van der Waals surface area contributed by atoms with Gasteiger partial charge in [0, 0.05) is 50.7 Å². The summed E-state index contributed by atoms with van der Waals surface area (Å²) in [6, 6.07) is 86.5. The monoisotopic (exact) mass is 1470 g/mol. The number of benzene rings is 14. The first kappa shape index (κ1) is 69.9. The van der Waals surface area contributed by atoms with E-state index >= 15 is 35.1 Å². The molecule has 12 heteroatoms. The van der Waals surface area contributed by atoms with Gasteiger partial charge in [0.15, 0.2) is 34.9 Å². The van der Waals surface area contributed by atoms with Crippen molar-refractivity contribution >= 4 is 46.3 Å². The van der Waals surface area contributed by atoms with Crippen LogP contribution in [0, 0.1) is 46.5 Å². The van der Waals surface area contributed by atoms with Crippen molar-refractivity contribution in [3.63, 3.8) is 0 Å². The molecule has 0 amide bonds. The molecule has 14 aromatic rings. The van der Waals surface area contributed by atoms with E-state index in [9.17, 15) is 0 Å². The zero-order valence-corrected chi connectivity index (χ0v) is 60.9. The Kier molecular flexibility index (Phi) is 16.5. The Balaban J connectivity index is 0.798. The van der Waals surface area contributed by atoms with Crippen LogP contribution in [-0.4, -0.2) is 0 Å². The molecule has 2 unspecified atom stereocenters. The van der Waals surface area contributed by atoms with Gasteiger partial charge in [-0.3, -0.25) is 0 Å². The molecule has 0 radical (unpaired) electrons. The van der Waals surface area contributed by atoms with Gasteiger partial charge in [0.05, 0.1) is 10.8 Å². The van der Waals surface area contributed by atoms with Crippen molar-refractivity contribution in [1.82, 2.24) is 0 Å². The molecule has 0 aliphatic heterocycles. The molecule has 544 valence electrons. The smallest absolute Gasteiger partial charge is 0.194 e. The average Bonchev–Trinajstić information content (AvgIpc) is 1.54. The summed E-state index contributed by atoms with van der Waals surface area (Å²) in [5.41, 5.74) is 11.6. The quantitative estimate of drug-likeness (QED) is 0.0711. The van der Waals surface area contributed by atoms with Crippen LogP contribution in [-0.2, 0) is 27.1 Å². The first-order valence-corrected chi connectivity index (χ1v) is 36.8. The third-order valence-electron chi connectivity index (χ3n) is 23.4. The third kappa shape index (κ3) is 11.0. The molecule has 4 aliphatic carbocycles. The normalized spacial score (nSPS) is 17.6. The van der Waals surface area contributed by atoms with Gasteiger partial charge in [0.25, 0.3) is 0 Å². The second-order valence-electron chi connectivity index (χ2n) is 30.6. The van der Waals surface area contributed by atoms with Crippen molar-refractivity contribution < 1.29 is 44.6 Å². The average molecular weight is 1470 g/mol. The zero-order chi connectivity index (χ0) is 76.6. The van der Waals surface area contributed by atoms with Gasteiger partial charge in [-0.05, 0) is 270 Å². The summed E-state index contributed by atoms with van der Waals surface area (Å²) >= 11 is 0. The van der Waals surface area contributed by atoms with Gasteiger partial charge >= 0.3 is 0 Å².